The van der Waals surface area contributed by atoms with Crippen molar-refractivity contribution in [3.8, 4) is 0 Å². The fourth-order valence-electron chi connectivity index (χ4n) is 0.338. The average molecular weight is 145 g/mol. The molecular weight excluding hydrogens is 134 g/mol. The van der Waals surface area contributed by atoms with Crippen LogP contribution in [0.5, 0.6) is 0 Å². The van der Waals surface area contributed by atoms with Crippen LogP contribution in [0.2, 0.25) is 0 Å². The molecule has 0 unspecified atom stereocenters. The van der Waals surface area contributed by atoms with Crippen molar-refractivity contribution in [1.29, 1.82) is 0 Å². The number of carbonyl (C=O) groups is 2. The van der Waals surface area contributed by atoms with Crippen molar-refractivity contribution in [1.82, 2.24) is 0 Å². The summed E-state index contributed by atoms with van der Waals surface area (Å²) in [6.45, 7) is 2.98. The predicted molar refractivity (Wildman–Crippen MR) is 35.0 cm³/mol. The Balaban J connectivity index is 3.73. The second kappa shape index (κ2) is 4.00. The van der Waals surface area contributed by atoms with Crippen molar-refractivity contribution in [3.63, 3.8) is 0 Å². The summed E-state index contributed by atoms with van der Waals surface area (Å²) in [5, 5.41) is 0. The zero-order valence-electron chi connectivity index (χ0n) is 6.09. The van der Waals surface area contributed by atoms with E-state index in [1.807, 2.05) is 0 Å². The van der Waals surface area contributed by atoms with Crippen molar-refractivity contribution in [3.05, 3.63) is 0 Å². The highest BCUT2D eigenvalue weighted by Gasteiger charge is 2.13. The van der Waals surface area contributed by atoms with Crippen LogP contribution in [0.3, 0.4) is 0 Å². The van der Waals surface area contributed by atoms with Gasteiger partial charge in [0.25, 0.3) is 0 Å². The number of nitrogens with two attached hydrogens (primary N) is 1. The molecule has 10 heavy (non-hydrogen) atoms. The van der Waals surface area contributed by atoms with Crippen LogP contribution >= 0.6 is 0 Å². The lowest BCUT2D eigenvalue weighted by Crippen LogP contribution is -2.24. The molecule has 0 spiro atoms. The molecular formula is C6H11NO3. The SMILES string of the molecule is CC(=O)OC(=O)[C@H](C)CN. The van der Waals surface area contributed by atoms with Gasteiger partial charge in [-0.25, -0.2) is 0 Å². The zero-order valence-corrected chi connectivity index (χ0v) is 6.09. The van der Waals surface area contributed by atoms with Crippen molar-refractivity contribution in [2.24, 2.45) is 11.7 Å². The van der Waals surface area contributed by atoms with Crippen LogP contribution in [0, 0.1) is 5.92 Å². The molecule has 4 nitrogen and oxygen atoms in total. The van der Waals surface area contributed by atoms with E-state index in [9.17, 15) is 9.59 Å². The van der Waals surface area contributed by atoms with Gasteiger partial charge in [0, 0.05) is 13.5 Å². The first-order chi connectivity index (χ1) is 4.57. The Hall–Kier alpha value is -0.900. The summed E-state index contributed by atoms with van der Waals surface area (Å²) in [6, 6.07) is 0. The van der Waals surface area contributed by atoms with Gasteiger partial charge in [0.15, 0.2) is 0 Å². The molecule has 0 aliphatic heterocycles. The van der Waals surface area contributed by atoms with E-state index in [0.717, 1.165) is 0 Å². The van der Waals surface area contributed by atoms with Crippen molar-refractivity contribution >= 4 is 11.9 Å². The van der Waals surface area contributed by atoms with E-state index in [1.165, 1.54) is 6.92 Å². The van der Waals surface area contributed by atoms with Gasteiger partial charge in [-0.15, -0.1) is 0 Å². The van der Waals surface area contributed by atoms with Crippen LogP contribution in [-0.4, -0.2) is 18.5 Å². The lowest BCUT2D eigenvalue weighted by molar-refractivity contribution is -0.160. The molecule has 0 aliphatic carbocycles. The van der Waals surface area contributed by atoms with E-state index in [2.05, 4.69) is 4.74 Å². The number of rotatable bonds is 2. The Kier molecular flexibility index (Phi) is 3.64. The summed E-state index contributed by atoms with van der Waals surface area (Å²) in [4.78, 5) is 20.9. The van der Waals surface area contributed by atoms with Crippen LogP contribution in [-0.2, 0) is 14.3 Å². The highest BCUT2D eigenvalue weighted by Crippen LogP contribution is 1.94. The van der Waals surface area contributed by atoms with Crippen molar-refractivity contribution in [2.45, 2.75) is 13.8 Å². The van der Waals surface area contributed by atoms with Crippen LogP contribution in [0.25, 0.3) is 0 Å². The standard InChI is InChI=1S/C6H11NO3/c1-4(3-7)6(9)10-5(2)8/h4H,3,7H2,1-2H3/t4-/m1/s1. The van der Waals surface area contributed by atoms with Gasteiger partial charge in [-0.2, -0.15) is 0 Å². The molecule has 0 amide bonds. The molecule has 2 N–H and O–H groups in total. The van der Waals surface area contributed by atoms with Crippen LogP contribution in [0.4, 0.5) is 0 Å². The smallest absolute Gasteiger partial charge is 0.317 e. The Morgan fingerprint density at radius 3 is 2.40 bits per heavy atom. The minimum Gasteiger partial charge on any atom is -0.393 e. The average Bonchev–Trinajstić information content (AvgIpc) is 1.85. The Bertz CT molecular complexity index is 144. The van der Waals surface area contributed by atoms with E-state index < -0.39 is 17.9 Å². The van der Waals surface area contributed by atoms with E-state index in [1.54, 1.807) is 6.92 Å². The molecule has 4 heteroatoms. The normalized spacial score (nSPS) is 12.3. The highest BCUT2D eigenvalue weighted by atomic mass is 16.6. The first-order valence-electron chi connectivity index (χ1n) is 3.00. The van der Waals surface area contributed by atoms with Gasteiger partial charge < -0.3 is 10.5 Å². The topological polar surface area (TPSA) is 69.4 Å². The summed E-state index contributed by atoms with van der Waals surface area (Å²) in [7, 11) is 0. The third-order valence-electron chi connectivity index (χ3n) is 1.00. The first-order valence-corrected chi connectivity index (χ1v) is 3.00. The molecule has 0 aliphatic rings. The van der Waals surface area contributed by atoms with Crippen LogP contribution < -0.4 is 5.73 Å². The van der Waals surface area contributed by atoms with Crippen molar-refractivity contribution in [2.75, 3.05) is 6.54 Å². The first kappa shape index (κ1) is 9.10. The molecule has 0 aromatic carbocycles. The van der Waals surface area contributed by atoms with Crippen LogP contribution in [0.1, 0.15) is 13.8 Å². The molecule has 0 fully saturated rings. The van der Waals surface area contributed by atoms with E-state index in [-0.39, 0.29) is 6.54 Å². The lowest BCUT2D eigenvalue weighted by Gasteiger charge is -2.04. The van der Waals surface area contributed by atoms with E-state index >= 15 is 0 Å². The number of hydrogen-bond acceptors (Lipinski definition) is 4. The van der Waals surface area contributed by atoms with Gasteiger partial charge in [0.1, 0.15) is 0 Å². The summed E-state index contributed by atoms with van der Waals surface area (Å²) < 4.78 is 4.25. The van der Waals surface area contributed by atoms with Gasteiger partial charge in [-0.3, -0.25) is 9.59 Å². The Morgan fingerprint density at radius 1 is 1.60 bits per heavy atom. The second-order valence-electron chi connectivity index (χ2n) is 2.05. The van der Waals surface area contributed by atoms with Gasteiger partial charge in [0.2, 0.25) is 0 Å². The van der Waals surface area contributed by atoms with Crippen molar-refractivity contribution < 1.29 is 14.3 Å². The number of ether oxygens (including phenoxy) is 1. The summed E-state index contributed by atoms with van der Waals surface area (Å²) in [5.41, 5.74) is 5.14. The maximum absolute atomic E-state index is 10.7. The molecule has 0 heterocycles. The van der Waals surface area contributed by atoms with E-state index in [0.29, 0.717) is 0 Å². The minimum absolute atomic E-state index is 0.201. The van der Waals surface area contributed by atoms with Gasteiger partial charge in [-0.05, 0) is 0 Å². The molecule has 0 radical (unpaired) electrons. The predicted octanol–water partition coefficient (Wildman–Crippen LogP) is -0.329. The number of esters is 2. The second-order valence-corrected chi connectivity index (χ2v) is 2.05. The van der Waals surface area contributed by atoms with E-state index in [4.69, 9.17) is 5.73 Å². The Labute approximate surface area is 59.3 Å². The molecule has 0 saturated heterocycles. The molecule has 0 aromatic heterocycles. The molecule has 58 valence electrons. The van der Waals surface area contributed by atoms with Gasteiger partial charge >= 0.3 is 11.9 Å². The molecule has 0 saturated carbocycles. The summed E-state index contributed by atoms with van der Waals surface area (Å²) >= 11 is 0. The third kappa shape index (κ3) is 3.19. The molecule has 0 bridgehead atoms. The van der Waals surface area contributed by atoms with Crippen LogP contribution in [0.15, 0.2) is 0 Å². The maximum Gasteiger partial charge on any atom is 0.317 e. The Morgan fingerprint density at radius 2 is 2.10 bits per heavy atom. The largest absolute Gasteiger partial charge is 0.393 e. The lowest BCUT2D eigenvalue weighted by atomic mass is 10.2. The fourth-order valence-corrected chi connectivity index (χ4v) is 0.338. The monoisotopic (exact) mass is 145 g/mol. The number of carbonyl (C=O) groups excluding carboxylic acids is 2. The number of hydrogen-bond donors (Lipinski definition) is 1. The molecule has 0 aromatic rings. The summed E-state index contributed by atoms with van der Waals surface area (Å²) in [6.07, 6.45) is 0. The maximum atomic E-state index is 10.7. The third-order valence-corrected chi connectivity index (χ3v) is 1.00. The highest BCUT2D eigenvalue weighted by molar-refractivity contribution is 5.85. The van der Waals surface area contributed by atoms with Gasteiger partial charge in [0.05, 0.1) is 5.92 Å². The fraction of sp³-hybridized carbons (Fsp3) is 0.667. The minimum atomic E-state index is -0.592. The molecule has 0 rings (SSSR count). The van der Waals surface area contributed by atoms with Gasteiger partial charge in [-0.1, -0.05) is 6.92 Å². The quantitative estimate of drug-likeness (QED) is 0.426. The summed E-state index contributed by atoms with van der Waals surface area (Å²) in [5.74, 6) is -1.55. The molecule has 1 atom stereocenters. The zero-order chi connectivity index (χ0) is 8.15.